The number of esters is 1. The number of ether oxygens (including phenoxy) is 1. The molecule has 1 aromatic carbocycles. The molecule has 0 amide bonds. The number of H-pyrrole nitrogens is 1. The van der Waals surface area contributed by atoms with Gasteiger partial charge in [0, 0.05) is 43.7 Å². The van der Waals surface area contributed by atoms with Crippen LogP contribution in [0.2, 0.25) is 0 Å². The number of carbonyl (C=O) groups excluding carboxylic acids is 1. The van der Waals surface area contributed by atoms with Crippen molar-refractivity contribution in [1.82, 2.24) is 9.97 Å². The highest BCUT2D eigenvalue weighted by Gasteiger charge is 2.26. The van der Waals surface area contributed by atoms with Crippen molar-refractivity contribution in [3.05, 3.63) is 51.7 Å². The Morgan fingerprint density at radius 1 is 1.17 bits per heavy atom. The van der Waals surface area contributed by atoms with Crippen LogP contribution in [0, 0.1) is 13.8 Å². The van der Waals surface area contributed by atoms with Crippen LogP contribution in [0.4, 0.5) is 0 Å². The number of fused-ring (bicyclic) bond motifs is 4. The van der Waals surface area contributed by atoms with Crippen LogP contribution < -0.4 is 0 Å². The van der Waals surface area contributed by atoms with Crippen molar-refractivity contribution in [3.63, 3.8) is 0 Å². The fraction of sp³-hybridized carbons (Fsp3) is 0.333. The van der Waals surface area contributed by atoms with E-state index < -0.39 is 0 Å². The first-order chi connectivity index (χ1) is 14.1. The summed E-state index contributed by atoms with van der Waals surface area (Å²) in [6.45, 7) is 4.14. The summed E-state index contributed by atoms with van der Waals surface area (Å²) in [6.07, 6.45) is 4.92. The maximum Gasteiger partial charge on any atom is 0.310 e. The van der Waals surface area contributed by atoms with Crippen LogP contribution in [-0.2, 0) is 28.8 Å². The fourth-order valence-electron chi connectivity index (χ4n) is 4.75. The van der Waals surface area contributed by atoms with Gasteiger partial charge in [0.25, 0.3) is 0 Å². The second-order valence-corrected chi connectivity index (χ2v) is 8.95. The molecule has 1 aliphatic carbocycles. The van der Waals surface area contributed by atoms with Crippen molar-refractivity contribution in [1.29, 1.82) is 0 Å². The molecule has 148 valence electrons. The number of hydrogen-bond acceptors (Lipinski definition) is 4. The van der Waals surface area contributed by atoms with Gasteiger partial charge in [-0.2, -0.15) is 0 Å². The van der Waals surface area contributed by atoms with E-state index in [1.165, 1.54) is 52.3 Å². The number of rotatable bonds is 3. The Bertz CT molecular complexity index is 1270. The number of aromatic nitrogens is 2. The molecule has 3 aromatic heterocycles. The normalized spacial score (nSPS) is 13.8. The van der Waals surface area contributed by atoms with E-state index in [1.54, 1.807) is 0 Å². The second kappa shape index (κ2) is 6.99. The molecular formula is C24H24N2O2S. The minimum atomic E-state index is -0.225. The predicted octanol–water partition coefficient (Wildman–Crippen LogP) is 5.66. The van der Waals surface area contributed by atoms with Crippen molar-refractivity contribution in [3.8, 4) is 11.1 Å². The van der Waals surface area contributed by atoms with Crippen LogP contribution in [0.25, 0.3) is 32.2 Å². The van der Waals surface area contributed by atoms with Gasteiger partial charge in [0.05, 0.1) is 13.5 Å². The predicted molar refractivity (Wildman–Crippen MR) is 119 cm³/mol. The number of methoxy groups -OCH3 is 1. The van der Waals surface area contributed by atoms with Gasteiger partial charge in [-0.1, -0.05) is 18.2 Å². The molecule has 3 heterocycles. The molecule has 0 aliphatic heterocycles. The molecule has 5 heteroatoms. The molecule has 0 bridgehead atoms. The lowest BCUT2D eigenvalue weighted by atomic mass is 9.88. The summed E-state index contributed by atoms with van der Waals surface area (Å²) in [5, 5.41) is 2.45. The third-order valence-electron chi connectivity index (χ3n) is 6.10. The number of hydrogen-bond donors (Lipinski definition) is 1. The highest BCUT2D eigenvalue weighted by molar-refractivity contribution is 7.19. The lowest BCUT2D eigenvalue weighted by molar-refractivity contribution is -0.139. The standard InChI is InChI=1S/C24H24N2O2S/c1-13-17(12-20(27)28-3)22(21-14(2)25-18-10-6-4-8-15(18)21)23-16-9-5-7-11-19(16)29-24(23)26-13/h4,6,8,10,25H,5,7,9,11-12H2,1-3H3. The monoisotopic (exact) mass is 404 g/mol. The molecule has 4 nitrogen and oxygen atoms in total. The van der Waals surface area contributed by atoms with Gasteiger partial charge in [-0.05, 0) is 56.7 Å². The number of pyridine rings is 1. The Morgan fingerprint density at radius 3 is 2.79 bits per heavy atom. The average Bonchev–Trinajstić information content (AvgIpc) is 3.25. The Balaban J connectivity index is 1.93. The number of benzene rings is 1. The first kappa shape index (κ1) is 18.4. The molecule has 4 aromatic rings. The Kier molecular flexibility index (Phi) is 4.43. The molecule has 0 saturated heterocycles. The molecule has 29 heavy (non-hydrogen) atoms. The van der Waals surface area contributed by atoms with Gasteiger partial charge in [-0.15, -0.1) is 11.3 Å². The van der Waals surface area contributed by atoms with Gasteiger partial charge in [0.2, 0.25) is 0 Å². The minimum Gasteiger partial charge on any atom is -0.469 e. The quantitative estimate of drug-likeness (QED) is 0.449. The lowest BCUT2D eigenvalue weighted by Gasteiger charge is -2.17. The fourth-order valence-corrected chi connectivity index (χ4v) is 6.06. The average molecular weight is 405 g/mol. The zero-order valence-corrected chi connectivity index (χ0v) is 17.8. The van der Waals surface area contributed by atoms with E-state index in [1.807, 2.05) is 18.3 Å². The summed E-state index contributed by atoms with van der Waals surface area (Å²) in [6, 6.07) is 8.40. The van der Waals surface area contributed by atoms with Gasteiger partial charge in [0.1, 0.15) is 4.83 Å². The molecular weight excluding hydrogens is 380 g/mol. The molecule has 0 radical (unpaired) electrons. The topological polar surface area (TPSA) is 55.0 Å². The third kappa shape index (κ3) is 2.87. The van der Waals surface area contributed by atoms with E-state index in [0.717, 1.165) is 40.1 Å². The van der Waals surface area contributed by atoms with Gasteiger partial charge in [0.15, 0.2) is 0 Å². The molecule has 0 atom stereocenters. The third-order valence-corrected chi connectivity index (χ3v) is 7.29. The van der Waals surface area contributed by atoms with Crippen LogP contribution in [0.15, 0.2) is 24.3 Å². The van der Waals surface area contributed by atoms with Gasteiger partial charge in [-0.3, -0.25) is 4.79 Å². The number of nitrogens with zero attached hydrogens (tertiary/aromatic N) is 1. The van der Waals surface area contributed by atoms with Crippen LogP contribution in [0.3, 0.4) is 0 Å². The molecule has 0 saturated carbocycles. The van der Waals surface area contributed by atoms with Crippen LogP contribution in [-0.4, -0.2) is 23.0 Å². The van der Waals surface area contributed by atoms with Crippen LogP contribution in [0.5, 0.6) is 0 Å². The molecule has 5 rings (SSSR count). The van der Waals surface area contributed by atoms with Gasteiger partial charge >= 0.3 is 5.97 Å². The van der Waals surface area contributed by atoms with E-state index in [2.05, 4.69) is 36.2 Å². The van der Waals surface area contributed by atoms with E-state index in [-0.39, 0.29) is 12.4 Å². The Hall–Kier alpha value is -2.66. The molecule has 0 fully saturated rings. The number of aromatic amines is 1. The van der Waals surface area contributed by atoms with E-state index in [0.29, 0.717) is 0 Å². The van der Waals surface area contributed by atoms with Crippen molar-refractivity contribution in [2.75, 3.05) is 7.11 Å². The summed E-state index contributed by atoms with van der Waals surface area (Å²) in [4.78, 5) is 23.4. The van der Waals surface area contributed by atoms with Crippen molar-refractivity contribution in [2.45, 2.75) is 46.0 Å². The minimum absolute atomic E-state index is 0.225. The number of nitrogens with one attached hydrogen (secondary N) is 1. The SMILES string of the molecule is COC(=O)Cc1c(C)nc2sc3c(c2c1-c1c(C)[nH]c2ccccc12)CCCC3. The van der Waals surface area contributed by atoms with Crippen LogP contribution >= 0.6 is 11.3 Å². The number of thiophene rings is 1. The summed E-state index contributed by atoms with van der Waals surface area (Å²) >= 11 is 1.83. The smallest absolute Gasteiger partial charge is 0.310 e. The summed E-state index contributed by atoms with van der Waals surface area (Å²) < 4.78 is 5.03. The first-order valence-electron chi connectivity index (χ1n) is 10.2. The molecule has 1 N–H and O–H groups in total. The summed E-state index contributed by atoms with van der Waals surface area (Å²) in [5.74, 6) is -0.225. The molecule has 0 spiro atoms. The van der Waals surface area contributed by atoms with Gasteiger partial charge < -0.3 is 9.72 Å². The highest BCUT2D eigenvalue weighted by Crippen LogP contribution is 2.45. The highest BCUT2D eigenvalue weighted by atomic mass is 32.1. The van der Waals surface area contributed by atoms with E-state index >= 15 is 0 Å². The number of carbonyl (C=O) groups is 1. The van der Waals surface area contributed by atoms with Crippen molar-refractivity contribution in [2.24, 2.45) is 0 Å². The van der Waals surface area contributed by atoms with Crippen LogP contribution in [0.1, 0.15) is 40.2 Å². The van der Waals surface area contributed by atoms with Crippen molar-refractivity contribution < 1.29 is 9.53 Å². The first-order valence-corrected chi connectivity index (χ1v) is 11.0. The zero-order chi connectivity index (χ0) is 20.1. The number of para-hydroxylation sites is 1. The largest absolute Gasteiger partial charge is 0.469 e. The van der Waals surface area contributed by atoms with E-state index in [4.69, 9.17) is 9.72 Å². The number of aryl methyl sites for hydroxylation is 4. The summed E-state index contributed by atoms with van der Waals surface area (Å²) in [5.41, 5.74) is 7.96. The Morgan fingerprint density at radius 2 is 1.97 bits per heavy atom. The summed E-state index contributed by atoms with van der Waals surface area (Å²) in [7, 11) is 1.45. The maximum atomic E-state index is 12.3. The second-order valence-electron chi connectivity index (χ2n) is 7.87. The maximum absolute atomic E-state index is 12.3. The molecule has 1 aliphatic rings. The van der Waals surface area contributed by atoms with Gasteiger partial charge in [-0.25, -0.2) is 4.98 Å². The Labute approximate surface area is 173 Å². The lowest BCUT2D eigenvalue weighted by Crippen LogP contribution is -2.09. The zero-order valence-electron chi connectivity index (χ0n) is 17.0. The van der Waals surface area contributed by atoms with Crippen molar-refractivity contribution >= 4 is 38.4 Å². The molecule has 0 unspecified atom stereocenters. The van der Waals surface area contributed by atoms with E-state index in [9.17, 15) is 4.79 Å².